The summed E-state index contributed by atoms with van der Waals surface area (Å²) >= 11 is 0. The van der Waals surface area contributed by atoms with Gasteiger partial charge in [-0.1, -0.05) is 13.0 Å². The number of rotatable bonds is 5. The van der Waals surface area contributed by atoms with E-state index in [1.54, 1.807) is 0 Å². The molecule has 9 heavy (non-hydrogen) atoms. The Morgan fingerprint density at radius 2 is 2.22 bits per heavy atom. The van der Waals surface area contributed by atoms with E-state index in [-0.39, 0.29) is 0 Å². The summed E-state index contributed by atoms with van der Waals surface area (Å²) in [5.41, 5.74) is 0. The van der Waals surface area contributed by atoms with Gasteiger partial charge in [0.15, 0.2) is 0 Å². The Balaban J connectivity index is 3.28. The summed E-state index contributed by atoms with van der Waals surface area (Å²) in [6, 6.07) is 0. The van der Waals surface area contributed by atoms with Crippen LogP contribution in [0, 0.1) is 0 Å². The lowest BCUT2D eigenvalue weighted by atomic mass is 10.6. The minimum absolute atomic E-state index is 0.738. The Morgan fingerprint density at radius 1 is 1.56 bits per heavy atom. The molecule has 0 fully saturated rings. The van der Waals surface area contributed by atoms with Gasteiger partial charge in [0.2, 0.25) is 0 Å². The second-order valence-corrected chi connectivity index (χ2v) is 1.69. The SMILES string of the molecule is C=CCN(CC)OCC. The van der Waals surface area contributed by atoms with E-state index in [0.29, 0.717) is 0 Å². The highest BCUT2D eigenvalue weighted by atomic mass is 16.7. The van der Waals surface area contributed by atoms with E-state index in [1.807, 2.05) is 18.1 Å². The summed E-state index contributed by atoms with van der Waals surface area (Å²) < 4.78 is 0. The van der Waals surface area contributed by atoms with Gasteiger partial charge in [0.25, 0.3) is 0 Å². The van der Waals surface area contributed by atoms with Gasteiger partial charge >= 0.3 is 0 Å². The number of hydroxylamine groups is 2. The van der Waals surface area contributed by atoms with Crippen LogP contribution in [0.5, 0.6) is 0 Å². The maximum atomic E-state index is 5.19. The lowest BCUT2D eigenvalue weighted by molar-refractivity contribution is -0.143. The van der Waals surface area contributed by atoms with Crippen LogP contribution in [0.1, 0.15) is 13.8 Å². The lowest BCUT2D eigenvalue weighted by Crippen LogP contribution is -2.23. The fourth-order valence-electron chi connectivity index (χ4n) is 0.600. The molecule has 0 amide bonds. The van der Waals surface area contributed by atoms with Gasteiger partial charge in [0, 0.05) is 13.1 Å². The highest BCUT2D eigenvalue weighted by molar-refractivity contribution is 4.68. The molecule has 2 nitrogen and oxygen atoms in total. The van der Waals surface area contributed by atoms with Crippen molar-refractivity contribution in [1.82, 2.24) is 5.06 Å². The van der Waals surface area contributed by atoms with Crippen LogP contribution >= 0.6 is 0 Å². The summed E-state index contributed by atoms with van der Waals surface area (Å²) in [4.78, 5) is 5.19. The van der Waals surface area contributed by atoms with E-state index in [4.69, 9.17) is 4.84 Å². The topological polar surface area (TPSA) is 12.5 Å². The third-order valence-electron chi connectivity index (χ3n) is 0.997. The Hall–Kier alpha value is -0.340. The molecule has 2 heteroatoms. The van der Waals surface area contributed by atoms with E-state index in [2.05, 4.69) is 13.5 Å². The molecule has 0 aromatic heterocycles. The Kier molecular flexibility index (Phi) is 5.57. The van der Waals surface area contributed by atoms with Gasteiger partial charge < -0.3 is 0 Å². The molecule has 0 aromatic rings. The fourth-order valence-corrected chi connectivity index (χ4v) is 0.600. The summed E-state index contributed by atoms with van der Waals surface area (Å²) in [5, 5.41) is 1.87. The summed E-state index contributed by atoms with van der Waals surface area (Å²) in [5.74, 6) is 0. The standard InChI is InChI=1S/C7H15NO/c1-4-7-8(5-2)9-6-3/h4H,1,5-7H2,2-3H3. The molecule has 0 unspecified atom stereocenters. The zero-order valence-corrected chi connectivity index (χ0v) is 6.26. The zero-order chi connectivity index (χ0) is 7.11. The molecular weight excluding hydrogens is 114 g/mol. The smallest absolute Gasteiger partial charge is 0.0657 e. The van der Waals surface area contributed by atoms with Crippen LogP contribution < -0.4 is 0 Å². The highest BCUT2D eigenvalue weighted by Crippen LogP contribution is 1.87. The van der Waals surface area contributed by atoms with Gasteiger partial charge in [-0.25, -0.2) is 0 Å². The van der Waals surface area contributed by atoms with Crippen LogP contribution in [0.3, 0.4) is 0 Å². The largest absolute Gasteiger partial charge is 0.299 e. The van der Waals surface area contributed by atoms with Gasteiger partial charge in [0.1, 0.15) is 0 Å². The van der Waals surface area contributed by atoms with Crippen molar-refractivity contribution in [2.75, 3.05) is 19.7 Å². The van der Waals surface area contributed by atoms with E-state index in [0.717, 1.165) is 19.7 Å². The van der Waals surface area contributed by atoms with Gasteiger partial charge in [-0.05, 0) is 6.92 Å². The van der Waals surface area contributed by atoms with Crippen LogP contribution in [0.4, 0.5) is 0 Å². The Labute approximate surface area is 57.1 Å². The molecule has 0 atom stereocenters. The van der Waals surface area contributed by atoms with Crippen LogP contribution in [0.15, 0.2) is 12.7 Å². The van der Waals surface area contributed by atoms with E-state index < -0.39 is 0 Å². The maximum Gasteiger partial charge on any atom is 0.0657 e. The lowest BCUT2D eigenvalue weighted by Gasteiger charge is -2.15. The first-order chi connectivity index (χ1) is 4.35. The van der Waals surface area contributed by atoms with Gasteiger partial charge in [-0.15, -0.1) is 6.58 Å². The molecule has 0 N–H and O–H groups in total. The average Bonchev–Trinajstić information content (AvgIpc) is 1.88. The van der Waals surface area contributed by atoms with Crippen molar-refractivity contribution >= 4 is 0 Å². The van der Waals surface area contributed by atoms with E-state index in [9.17, 15) is 0 Å². The number of likely N-dealkylation sites (N-methyl/N-ethyl adjacent to an activating group) is 1. The Bertz CT molecular complexity index is 73.3. The first kappa shape index (κ1) is 8.66. The predicted octanol–water partition coefficient (Wildman–Crippen LogP) is 1.45. The molecule has 0 spiro atoms. The first-order valence-corrected chi connectivity index (χ1v) is 3.33. The monoisotopic (exact) mass is 129 g/mol. The normalized spacial score (nSPS) is 10.1. The molecule has 0 rings (SSSR count). The Morgan fingerprint density at radius 3 is 2.56 bits per heavy atom. The maximum absolute atomic E-state index is 5.19. The number of hydrogen-bond acceptors (Lipinski definition) is 2. The number of nitrogens with zero attached hydrogens (tertiary/aromatic N) is 1. The van der Waals surface area contributed by atoms with E-state index in [1.165, 1.54) is 0 Å². The molecule has 0 aliphatic carbocycles. The van der Waals surface area contributed by atoms with Crippen LogP contribution in [0.2, 0.25) is 0 Å². The van der Waals surface area contributed by atoms with Crippen LogP contribution in [-0.2, 0) is 4.84 Å². The molecule has 0 saturated heterocycles. The van der Waals surface area contributed by atoms with Crippen molar-refractivity contribution < 1.29 is 4.84 Å². The third-order valence-corrected chi connectivity index (χ3v) is 0.997. The summed E-state index contributed by atoms with van der Waals surface area (Å²) in [6.07, 6.45) is 1.83. The van der Waals surface area contributed by atoms with Crippen molar-refractivity contribution in [1.29, 1.82) is 0 Å². The molecule has 54 valence electrons. The van der Waals surface area contributed by atoms with Crippen molar-refractivity contribution in [2.24, 2.45) is 0 Å². The van der Waals surface area contributed by atoms with Gasteiger partial charge in [-0.3, -0.25) is 4.84 Å². The highest BCUT2D eigenvalue weighted by Gasteiger charge is 1.94. The number of hydrogen-bond donors (Lipinski definition) is 0. The van der Waals surface area contributed by atoms with Crippen LogP contribution in [0.25, 0.3) is 0 Å². The molecule has 0 radical (unpaired) electrons. The molecule has 0 aliphatic heterocycles. The molecule has 0 heterocycles. The minimum atomic E-state index is 0.738. The van der Waals surface area contributed by atoms with Crippen LogP contribution in [-0.4, -0.2) is 24.8 Å². The average molecular weight is 129 g/mol. The first-order valence-electron chi connectivity index (χ1n) is 3.33. The van der Waals surface area contributed by atoms with E-state index >= 15 is 0 Å². The fraction of sp³-hybridized carbons (Fsp3) is 0.714. The summed E-state index contributed by atoms with van der Waals surface area (Å²) in [6.45, 7) is 10.1. The van der Waals surface area contributed by atoms with Crippen molar-refractivity contribution in [2.45, 2.75) is 13.8 Å². The predicted molar refractivity (Wildman–Crippen MR) is 39.1 cm³/mol. The summed E-state index contributed by atoms with van der Waals surface area (Å²) in [7, 11) is 0. The van der Waals surface area contributed by atoms with Gasteiger partial charge in [0.05, 0.1) is 6.61 Å². The third kappa shape index (κ3) is 4.18. The molecule has 0 saturated carbocycles. The van der Waals surface area contributed by atoms with Crippen molar-refractivity contribution in [3.05, 3.63) is 12.7 Å². The van der Waals surface area contributed by atoms with Crippen molar-refractivity contribution in [3.8, 4) is 0 Å². The minimum Gasteiger partial charge on any atom is -0.299 e. The molecular formula is C7H15NO. The zero-order valence-electron chi connectivity index (χ0n) is 6.26. The quantitative estimate of drug-likeness (QED) is 0.411. The molecule has 0 aliphatic rings. The second kappa shape index (κ2) is 5.79. The molecule has 0 aromatic carbocycles. The van der Waals surface area contributed by atoms with Gasteiger partial charge in [-0.2, -0.15) is 5.06 Å². The second-order valence-electron chi connectivity index (χ2n) is 1.69. The van der Waals surface area contributed by atoms with Crippen molar-refractivity contribution in [3.63, 3.8) is 0 Å². The molecule has 0 bridgehead atoms.